The summed E-state index contributed by atoms with van der Waals surface area (Å²) in [5, 5.41) is 10.1. The lowest BCUT2D eigenvalue weighted by atomic mass is 10.0. The number of fused-ring (bicyclic) bond motifs is 1. The van der Waals surface area contributed by atoms with Crippen molar-refractivity contribution >= 4 is 28.1 Å². The number of hydrogen-bond donors (Lipinski definition) is 2. The van der Waals surface area contributed by atoms with Crippen LogP contribution in [0.25, 0.3) is 5.69 Å². The fraction of sp³-hybridized carbons (Fsp3) is 0.421. The van der Waals surface area contributed by atoms with Crippen LogP contribution in [0.5, 0.6) is 0 Å². The van der Waals surface area contributed by atoms with Gasteiger partial charge in [-0.3, -0.25) is 19.7 Å². The molecular formula is C19H20N6O5S. The van der Waals surface area contributed by atoms with E-state index in [0.29, 0.717) is 35.3 Å². The predicted octanol–water partition coefficient (Wildman–Crippen LogP) is -0.175. The van der Waals surface area contributed by atoms with Crippen LogP contribution >= 0.6 is 0 Å². The lowest BCUT2D eigenvalue weighted by molar-refractivity contribution is -0.136. The van der Waals surface area contributed by atoms with Crippen molar-refractivity contribution in [3.8, 4) is 5.69 Å². The van der Waals surface area contributed by atoms with Gasteiger partial charge in [0.25, 0.3) is 5.91 Å². The molecule has 5 rings (SSSR count). The van der Waals surface area contributed by atoms with Crippen molar-refractivity contribution < 1.29 is 23.1 Å². The summed E-state index contributed by atoms with van der Waals surface area (Å²) >= 11 is 0. The molecule has 1 saturated heterocycles. The molecule has 0 radical (unpaired) electrons. The van der Waals surface area contributed by atoms with Crippen LogP contribution in [-0.2, 0) is 37.3 Å². The second-order valence-electron chi connectivity index (χ2n) is 7.92. The minimum atomic E-state index is -3.33. The van der Waals surface area contributed by atoms with Crippen molar-refractivity contribution in [1.29, 1.82) is 0 Å². The quantitative estimate of drug-likeness (QED) is 0.464. The summed E-state index contributed by atoms with van der Waals surface area (Å²) in [6, 6.07) is 4.49. The molecule has 11 nitrogen and oxygen atoms in total. The summed E-state index contributed by atoms with van der Waals surface area (Å²) in [6.07, 6.45) is 3.44. The monoisotopic (exact) mass is 444 g/mol. The highest BCUT2D eigenvalue weighted by atomic mass is 32.3. The topological polar surface area (TPSA) is 149 Å². The Bertz CT molecular complexity index is 1140. The van der Waals surface area contributed by atoms with Gasteiger partial charge in [0.1, 0.15) is 27.4 Å². The highest BCUT2D eigenvalue weighted by Gasteiger charge is 2.41. The number of rotatable bonds is 6. The molecule has 1 saturated carbocycles. The Labute approximate surface area is 178 Å². The van der Waals surface area contributed by atoms with E-state index >= 15 is 0 Å². The maximum Gasteiger partial charge on any atom is 0.255 e. The minimum absolute atomic E-state index is 0.0369. The molecule has 1 aliphatic carbocycles. The van der Waals surface area contributed by atoms with Crippen molar-refractivity contribution in [2.45, 2.75) is 50.1 Å². The zero-order valence-electron chi connectivity index (χ0n) is 16.4. The van der Waals surface area contributed by atoms with E-state index in [0.717, 1.165) is 0 Å². The van der Waals surface area contributed by atoms with Gasteiger partial charge in [0.15, 0.2) is 0 Å². The van der Waals surface area contributed by atoms with Gasteiger partial charge in [-0.2, -0.15) is 0 Å². The van der Waals surface area contributed by atoms with E-state index in [9.17, 15) is 23.1 Å². The average molecular weight is 444 g/mol. The van der Waals surface area contributed by atoms with Crippen molar-refractivity contribution in [1.82, 2.24) is 29.9 Å². The molecule has 3 heterocycles. The summed E-state index contributed by atoms with van der Waals surface area (Å²) < 4.78 is 28.0. The van der Waals surface area contributed by atoms with Gasteiger partial charge in [0.2, 0.25) is 11.8 Å². The first kappa shape index (κ1) is 20.0. The second kappa shape index (κ2) is 7.32. The zero-order valence-corrected chi connectivity index (χ0v) is 17.3. The summed E-state index contributed by atoms with van der Waals surface area (Å²) in [7, 11) is -3.33. The first-order valence-electron chi connectivity index (χ1n) is 10.00. The lowest BCUT2D eigenvalue weighted by Gasteiger charge is -2.29. The van der Waals surface area contributed by atoms with Crippen molar-refractivity contribution in [3.63, 3.8) is 0 Å². The SMILES string of the molecule is O=C1CCC(N2Cc3c(cccc3-n3cc(CN[S+](=O)([O-])C4CC4)nn3)C2=O)C(=O)N1. The molecular weight excluding hydrogens is 424 g/mol. The number of nitrogens with one attached hydrogen (secondary N) is 2. The van der Waals surface area contributed by atoms with Crippen molar-refractivity contribution in [2.75, 3.05) is 0 Å². The van der Waals surface area contributed by atoms with Crippen molar-refractivity contribution in [2.24, 2.45) is 0 Å². The standard InChI is InChI=1S/C19H20N6O5S/c26-17-7-6-16(18(27)21-17)24-10-14-13(19(24)28)2-1-3-15(14)25-9-11(22-23-25)8-20-31(29,30)12-4-5-12/h1-3,9,12,16H,4-8,10H2,(H2-,20,21,26,27,29,30). The molecule has 12 heteroatoms. The number of nitrogens with zero attached hydrogens (tertiary/aromatic N) is 4. The van der Waals surface area contributed by atoms with Crippen LogP contribution in [0.4, 0.5) is 0 Å². The largest absolute Gasteiger partial charge is 0.598 e. The maximum absolute atomic E-state index is 12.9. The number of benzene rings is 1. The number of aromatic nitrogens is 3. The summed E-state index contributed by atoms with van der Waals surface area (Å²) in [4.78, 5) is 38.1. The van der Waals surface area contributed by atoms with Gasteiger partial charge in [-0.15, -0.1) is 9.82 Å². The molecule has 2 aliphatic heterocycles. The third kappa shape index (κ3) is 3.66. The molecule has 1 aromatic carbocycles. The Balaban J connectivity index is 1.36. The van der Waals surface area contributed by atoms with Crippen LogP contribution in [0.3, 0.4) is 0 Å². The van der Waals surface area contributed by atoms with Gasteiger partial charge in [-0.1, -0.05) is 15.5 Å². The Morgan fingerprint density at radius 1 is 1.23 bits per heavy atom. The normalized spacial score (nSPS) is 22.9. The lowest BCUT2D eigenvalue weighted by Crippen LogP contribution is -2.52. The van der Waals surface area contributed by atoms with Crippen LogP contribution in [-0.4, -0.2) is 53.5 Å². The molecule has 2 aromatic rings. The molecule has 1 aromatic heterocycles. The summed E-state index contributed by atoms with van der Waals surface area (Å²) in [5.74, 6) is -1.08. The number of imide groups is 1. The summed E-state index contributed by atoms with van der Waals surface area (Å²) in [5.41, 5.74) is 2.25. The Hall–Kier alpha value is -2.96. The molecule has 2 atom stereocenters. The number of carbonyl (C=O) groups excluding carboxylic acids is 3. The van der Waals surface area contributed by atoms with E-state index in [1.807, 2.05) is 0 Å². The maximum atomic E-state index is 12.9. The second-order valence-corrected chi connectivity index (χ2v) is 9.97. The number of carbonyl (C=O) groups is 3. The predicted molar refractivity (Wildman–Crippen MR) is 106 cm³/mol. The van der Waals surface area contributed by atoms with E-state index < -0.39 is 22.3 Å². The van der Waals surface area contributed by atoms with Crippen molar-refractivity contribution in [3.05, 3.63) is 41.2 Å². The van der Waals surface area contributed by atoms with Gasteiger partial charge >= 0.3 is 0 Å². The molecule has 0 bridgehead atoms. The van der Waals surface area contributed by atoms with Crippen LogP contribution in [0, 0.1) is 0 Å². The Morgan fingerprint density at radius 3 is 2.77 bits per heavy atom. The van der Waals surface area contributed by atoms with E-state index in [4.69, 9.17) is 0 Å². The fourth-order valence-electron chi connectivity index (χ4n) is 3.95. The number of sulfonamides is 1. The highest BCUT2D eigenvalue weighted by Crippen LogP contribution is 2.32. The smallest absolute Gasteiger partial charge is 0.255 e. The van der Waals surface area contributed by atoms with Gasteiger partial charge in [-0.25, -0.2) is 4.68 Å². The van der Waals surface area contributed by atoms with E-state index in [1.54, 1.807) is 24.4 Å². The average Bonchev–Trinajstić information content (AvgIpc) is 3.42. The fourth-order valence-corrected chi connectivity index (χ4v) is 5.29. The van der Waals surface area contributed by atoms with Gasteiger partial charge in [0, 0.05) is 36.9 Å². The summed E-state index contributed by atoms with van der Waals surface area (Å²) in [6.45, 7) is 0.245. The molecule has 2 unspecified atom stereocenters. The zero-order chi connectivity index (χ0) is 21.8. The number of amides is 3. The highest BCUT2D eigenvalue weighted by molar-refractivity contribution is 7.96. The van der Waals surface area contributed by atoms with Crippen LogP contribution in [0.1, 0.15) is 47.3 Å². The molecule has 2 fully saturated rings. The van der Waals surface area contributed by atoms with E-state index in [-0.39, 0.29) is 43.0 Å². The first-order chi connectivity index (χ1) is 14.8. The van der Waals surface area contributed by atoms with Gasteiger partial charge in [-0.05, 0) is 18.6 Å². The number of hydrogen-bond acceptors (Lipinski definition) is 7. The molecule has 162 valence electrons. The molecule has 3 amide bonds. The van der Waals surface area contributed by atoms with E-state index in [1.165, 1.54) is 9.58 Å². The number of piperidine rings is 1. The molecule has 31 heavy (non-hydrogen) atoms. The van der Waals surface area contributed by atoms with Gasteiger partial charge in [0.05, 0.1) is 18.4 Å². The molecule has 0 spiro atoms. The Morgan fingerprint density at radius 2 is 2.03 bits per heavy atom. The Kier molecular flexibility index (Phi) is 4.72. The van der Waals surface area contributed by atoms with Crippen LogP contribution in [0.15, 0.2) is 24.4 Å². The third-order valence-corrected chi connectivity index (χ3v) is 7.66. The van der Waals surface area contributed by atoms with Crippen LogP contribution < -0.4 is 10.0 Å². The van der Waals surface area contributed by atoms with E-state index in [2.05, 4.69) is 20.4 Å². The minimum Gasteiger partial charge on any atom is -0.598 e. The molecule has 2 N–H and O–H groups in total. The first-order valence-corrected chi connectivity index (χ1v) is 11.5. The third-order valence-electron chi connectivity index (χ3n) is 5.76. The van der Waals surface area contributed by atoms with Crippen LogP contribution in [0.2, 0.25) is 0 Å². The van der Waals surface area contributed by atoms with Gasteiger partial charge < -0.3 is 9.45 Å². The molecule has 3 aliphatic rings.